The molecular formula is C12H18N4O3S. The SMILES string of the molecule is CN(C(=O)Nc1nncs1)C1(CC(=O)O)CCCCC1. The number of rotatable bonds is 4. The van der Waals surface area contributed by atoms with Gasteiger partial charge in [0.05, 0.1) is 12.0 Å². The fourth-order valence-corrected chi connectivity index (χ4v) is 3.18. The van der Waals surface area contributed by atoms with Gasteiger partial charge in [0.2, 0.25) is 5.13 Å². The van der Waals surface area contributed by atoms with Crippen molar-refractivity contribution in [3.8, 4) is 0 Å². The minimum Gasteiger partial charge on any atom is -0.481 e. The second-order valence-electron chi connectivity index (χ2n) is 5.09. The summed E-state index contributed by atoms with van der Waals surface area (Å²) >= 11 is 1.23. The number of hydrogen-bond acceptors (Lipinski definition) is 5. The van der Waals surface area contributed by atoms with Crippen LogP contribution in [0.1, 0.15) is 38.5 Å². The zero-order chi connectivity index (χ0) is 14.6. The molecule has 0 unspecified atom stereocenters. The van der Waals surface area contributed by atoms with Crippen molar-refractivity contribution in [3.63, 3.8) is 0 Å². The van der Waals surface area contributed by atoms with Crippen molar-refractivity contribution in [2.24, 2.45) is 0 Å². The lowest BCUT2D eigenvalue weighted by Gasteiger charge is -2.43. The molecule has 2 N–H and O–H groups in total. The van der Waals surface area contributed by atoms with Gasteiger partial charge in [0.25, 0.3) is 0 Å². The fraction of sp³-hybridized carbons (Fsp3) is 0.667. The van der Waals surface area contributed by atoms with E-state index >= 15 is 0 Å². The number of anilines is 1. The van der Waals surface area contributed by atoms with Gasteiger partial charge in [0, 0.05) is 7.05 Å². The van der Waals surface area contributed by atoms with Gasteiger partial charge >= 0.3 is 12.0 Å². The van der Waals surface area contributed by atoms with E-state index in [9.17, 15) is 9.59 Å². The van der Waals surface area contributed by atoms with Crippen LogP contribution in [0.2, 0.25) is 0 Å². The Kier molecular flexibility index (Phi) is 4.53. The summed E-state index contributed by atoms with van der Waals surface area (Å²) in [7, 11) is 1.66. The first-order chi connectivity index (χ1) is 9.53. The van der Waals surface area contributed by atoms with Crippen LogP contribution in [0, 0.1) is 0 Å². The van der Waals surface area contributed by atoms with Gasteiger partial charge in [-0.25, -0.2) is 4.79 Å². The van der Waals surface area contributed by atoms with Crippen LogP contribution in [-0.4, -0.2) is 44.8 Å². The van der Waals surface area contributed by atoms with E-state index in [1.807, 2.05) is 0 Å². The van der Waals surface area contributed by atoms with E-state index in [0.717, 1.165) is 32.1 Å². The third-order valence-corrected chi connectivity index (χ3v) is 4.46. The zero-order valence-electron chi connectivity index (χ0n) is 11.3. The summed E-state index contributed by atoms with van der Waals surface area (Å²) in [6.07, 6.45) is 4.41. The maximum absolute atomic E-state index is 12.3. The Hall–Kier alpha value is -1.70. The molecule has 1 heterocycles. The molecule has 0 radical (unpaired) electrons. The van der Waals surface area contributed by atoms with Gasteiger partial charge in [0.1, 0.15) is 5.51 Å². The highest BCUT2D eigenvalue weighted by Crippen LogP contribution is 2.36. The van der Waals surface area contributed by atoms with Crippen LogP contribution in [-0.2, 0) is 4.79 Å². The lowest BCUT2D eigenvalue weighted by molar-refractivity contribution is -0.140. The number of aliphatic carboxylic acids is 1. The average Bonchev–Trinajstić information content (AvgIpc) is 2.91. The number of nitrogens with zero attached hydrogens (tertiary/aromatic N) is 3. The van der Waals surface area contributed by atoms with Crippen LogP contribution in [0.3, 0.4) is 0 Å². The van der Waals surface area contributed by atoms with Crippen LogP contribution in [0.15, 0.2) is 5.51 Å². The maximum Gasteiger partial charge on any atom is 0.323 e. The molecule has 1 saturated carbocycles. The van der Waals surface area contributed by atoms with Gasteiger partial charge < -0.3 is 10.0 Å². The largest absolute Gasteiger partial charge is 0.481 e. The smallest absolute Gasteiger partial charge is 0.323 e. The van der Waals surface area contributed by atoms with Crippen LogP contribution in [0.25, 0.3) is 0 Å². The number of carboxylic acid groups (broad SMARTS) is 1. The molecule has 0 spiro atoms. The summed E-state index contributed by atoms with van der Waals surface area (Å²) in [6.45, 7) is 0. The number of carbonyl (C=O) groups is 2. The van der Waals surface area contributed by atoms with E-state index in [-0.39, 0.29) is 12.5 Å². The zero-order valence-corrected chi connectivity index (χ0v) is 12.2. The van der Waals surface area contributed by atoms with Crippen molar-refractivity contribution in [1.29, 1.82) is 0 Å². The summed E-state index contributed by atoms with van der Waals surface area (Å²) in [4.78, 5) is 24.9. The Labute approximate surface area is 121 Å². The van der Waals surface area contributed by atoms with Gasteiger partial charge in [-0.05, 0) is 12.8 Å². The molecule has 0 atom stereocenters. The van der Waals surface area contributed by atoms with Crippen LogP contribution < -0.4 is 5.32 Å². The van der Waals surface area contributed by atoms with E-state index < -0.39 is 11.5 Å². The first-order valence-electron chi connectivity index (χ1n) is 6.56. The van der Waals surface area contributed by atoms with Gasteiger partial charge in [-0.2, -0.15) is 0 Å². The monoisotopic (exact) mass is 298 g/mol. The van der Waals surface area contributed by atoms with Crippen molar-refractivity contribution < 1.29 is 14.7 Å². The Morgan fingerprint density at radius 1 is 1.45 bits per heavy atom. The molecule has 20 heavy (non-hydrogen) atoms. The highest BCUT2D eigenvalue weighted by molar-refractivity contribution is 7.13. The quantitative estimate of drug-likeness (QED) is 0.888. The predicted molar refractivity (Wildman–Crippen MR) is 74.8 cm³/mol. The number of urea groups is 1. The molecule has 0 saturated heterocycles. The number of carbonyl (C=O) groups excluding carboxylic acids is 1. The second-order valence-corrected chi connectivity index (χ2v) is 5.92. The molecule has 1 aliphatic carbocycles. The van der Waals surface area contributed by atoms with E-state index in [4.69, 9.17) is 5.11 Å². The molecule has 7 nitrogen and oxygen atoms in total. The molecule has 0 aromatic carbocycles. The van der Waals surface area contributed by atoms with E-state index in [1.165, 1.54) is 21.7 Å². The molecule has 0 aliphatic heterocycles. The van der Waals surface area contributed by atoms with Crippen molar-refractivity contribution in [1.82, 2.24) is 15.1 Å². The highest BCUT2D eigenvalue weighted by Gasteiger charge is 2.40. The predicted octanol–water partition coefficient (Wildman–Crippen LogP) is 2.18. The Morgan fingerprint density at radius 2 is 2.15 bits per heavy atom. The Bertz CT molecular complexity index is 471. The number of amides is 2. The van der Waals surface area contributed by atoms with E-state index in [1.54, 1.807) is 7.05 Å². The molecule has 1 aliphatic rings. The van der Waals surface area contributed by atoms with E-state index in [0.29, 0.717) is 5.13 Å². The lowest BCUT2D eigenvalue weighted by atomic mass is 9.78. The molecule has 1 fully saturated rings. The van der Waals surface area contributed by atoms with Gasteiger partial charge in [-0.1, -0.05) is 30.6 Å². The molecule has 8 heteroatoms. The number of hydrogen-bond donors (Lipinski definition) is 2. The van der Waals surface area contributed by atoms with Crippen molar-refractivity contribution in [3.05, 3.63) is 5.51 Å². The third-order valence-electron chi connectivity index (χ3n) is 3.85. The van der Waals surface area contributed by atoms with Crippen LogP contribution >= 0.6 is 11.3 Å². The lowest BCUT2D eigenvalue weighted by Crippen LogP contribution is -2.53. The summed E-state index contributed by atoms with van der Waals surface area (Å²) in [5.41, 5.74) is 0.933. The number of nitrogens with one attached hydrogen (secondary N) is 1. The maximum atomic E-state index is 12.3. The first-order valence-corrected chi connectivity index (χ1v) is 7.44. The summed E-state index contributed by atoms with van der Waals surface area (Å²) in [5, 5.41) is 19.6. The molecule has 1 aromatic rings. The molecule has 1 aromatic heterocycles. The van der Waals surface area contributed by atoms with E-state index in [2.05, 4.69) is 15.5 Å². The molecule has 0 bridgehead atoms. The van der Waals surface area contributed by atoms with Gasteiger partial charge in [-0.3, -0.25) is 10.1 Å². The number of aromatic nitrogens is 2. The summed E-state index contributed by atoms with van der Waals surface area (Å²) < 4.78 is 0. The normalized spacial score (nSPS) is 17.4. The minimum absolute atomic E-state index is 0.0208. The Balaban J connectivity index is 2.10. The average molecular weight is 298 g/mol. The second kappa shape index (κ2) is 6.17. The standard InChI is InChI=1S/C12H18N4O3S/c1-16(11(19)14-10-15-13-8-20-10)12(7-9(17)18)5-3-2-4-6-12/h8H,2-7H2,1H3,(H,17,18)(H,14,15,19). The highest BCUT2D eigenvalue weighted by atomic mass is 32.1. The van der Waals surface area contributed by atoms with Crippen LogP contribution in [0.5, 0.6) is 0 Å². The fourth-order valence-electron chi connectivity index (χ4n) is 2.74. The molecule has 2 rings (SSSR count). The van der Waals surface area contributed by atoms with Crippen molar-refractivity contribution in [2.45, 2.75) is 44.1 Å². The van der Waals surface area contributed by atoms with Crippen LogP contribution in [0.4, 0.5) is 9.93 Å². The summed E-state index contributed by atoms with van der Waals surface area (Å²) in [5.74, 6) is -0.873. The topological polar surface area (TPSA) is 95.4 Å². The van der Waals surface area contributed by atoms with Gasteiger partial charge in [0.15, 0.2) is 0 Å². The molecule has 2 amide bonds. The third kappa shape index (κ3) is 3.24. The molecule has 110 valence electrons. The number of carboxylic acids is 1. The van der Waals surface area contributed by atoms with Crippen molar-refractivity contribution in [2.75, 3.05) is 12.4 Å². The first kappa shape index (κ1) is 14.7. The summed E-state index contributed by atoms with van der Waals surface area (Å²) in [6, 6.07) is -0.329. The Morgan fingerprint density at radius 3 is 2.70 bits per heavy atom. The minimum atomic E-state index is -0.873. The van der Waals surface area contributed by atoms with Gasteiger partial charge in [-0.15, -0.1) is 10.2 Å². The van der Waals surface area contributed by atoms with Crippen molar-refractivity contribution >= 4 is 28.5 Å². The molecular weight excluding hydrogens is 280 g/mol.